The van der Waals surface area contributed by atoms with Crippen LogP contribution in [0.15, 0.2) is 30.3 Å². The Morgan fingerprint density at radius 3 is 2.61 bits per heavy atom. The normalized spacial score (nSPS) is 27.6. The van der Waals surface area contributed by atoms with Crippen LogP contribution in [-0.2, 0) is 25.6 Å². The number of benzene rings is 1. The first-order chi connectivity index (χ1) is 8.83. The second-order valence-corrected chi connectivity index (χ2v) is 4.35. The lowest BCUT2D eigenvalue weighted by molar-refractivity contribution is -0.135. The third-order valence-electron chi connectivity index (χ3n) is 3.13. The van der Waals surface area contributed by atoms with Crippen molar-refractivity contribution >= 4 is 0 Å². The molecule has 0 radical (unpaired) electrons. The SMILES string of the molecule is CO[C@H]1C[C@H](OC)[C@@H](COCc2ccccc2)O1. The number of methoxy groups -OCH3 is 2. The van der Waals surface area contributed by atoms with Crippen LogP contribution >= 0.6 is 0 Å². The van der Waals surface area contributed by atoms with Crippen molar-refractivity contribution in [2.24, 2.45) is 0 Å². The Morgan fingerprint density at radius 1 is 1.17 bits per heavy atom. The zero-order chi connectivity index (χ0) is 12.8. The second-order valence-electron chi connectivity index (χ2n) is 4.35. The highest BCUT2D eigenvalue weighted by Gasteiger charge is 2.35. The lowest BCUT2D eigenvalue weighted by atomic mass is 10.2. The van der Waals surface area contributed by atoms with Gasteiger partial charge in [-0.2, -0.15) is 0 Å². The summed E-state index contributed by atoms with van der Waals surface area (Å²) in [5, 5.41) is 0. The Hall–Kier alpha value is -0.940. The van der Waals surface area contributed by atoms with Gasteiger partial charge in [0.1, 0.15) is 6.10 Å². The summed E-state index contributed by atoms with van der Waals surface area (Å²) in [7, 11) is 3.33. The molecule has 0 bridgehead atoms. The van der Waals surface area contributed by atoms with Crippen LogP contribution in [0.1, 0.15) is 12.0 Å². The first-order valence-corrected chi connectivity index (χ1v) is 6.16. The summed E-state index contributed by atoms with van der Waals surface area (Å²) in [6.45, 7) is 1.11. The van der Waals surface area contributed by atoms with Crippen LogP contribution in [0.2, 0.25) is 0 Å². The molecular weight excluding hydrogens is 232 g/mol. The molecule has 0 saturated carbocycles. The quantitative estimate of drug-likeness (QED) is 0.775. The summed E-state index contributed by atoms with van der Waals surface area (Å²) < 4.78 is 21.9. The first-order valence-electron chi connectivity index (χ1n) is 6.16. The third kappa shape index (κ3) is 3.53. The minimum Gasteiger partial charge on any atom is -0.378 e. The molecule has 1 aliphatic heterocycles. The lowest BCUT2D eigenvalue weighted by Crippen LogP contribution is -2.28. The molecule has 4 heteroatoms. The third-order valence-corrected chi connectivity index (χ3v) is 3.13. The van der Waals surface area contributed by atoms with Crippen molar-refractivity contribution < 1.29 is 18.9 Å². The maximum Gasteiger partial charge on any atom is 0.160 e. The van der Waals surface area contributed by atoms with Crippen LogP contribution in [0.25, 0.3) is 0 Å². The fourth-order valence-corrected chi connectivity index (χ4v) is 2.09. The van der Waals surface area contributed by atoms with E-state index < -0.39 is 0 Å². The molecule has 4 nitrogen and oxygen atoms in total. The molecule has 1 aromatic rings. The molecule has 1 fully saturated rings. The first kappa shape index (κ1) is 13.5. The predicted molar refractivity (Wildman–Crippen MR) is 67.2 cm³/mol. The minimum atomic E-state index is -0.180. The van der Waals surface area contributed by atoms with Gasteiger partial charge in [-0.1, -0.05) is 30.3 Å². The molecular formula is C14H20O4. The molecule has 0 aromatic heterocycles. The summed E-state index contributed by atoms with van der Waals surface area (Å²) in [6, 6.07) is 10.1. The Kier molecular flexibility index (Phi) is 5.13. The van der Waals surface area contributed by atoms with Crippen molar-refractivity contribution in [3.8, 4) is 0 Å². The summed E-state index contributed by atoms with van der Waals surface area (Å²) in [4.78, 5) is 0. The van der Waals surface area contributed by atoms with Crippen LogP contribution in [0, 0.1) is 0 Å². The highest BCUT2D eigenvalue weighted by Crippen LogP contribution is 2.23. The van der Waals surface area contributed by atoms with Gasteiger partial charge in [-0.05, 0) is 5.56 Å². The molecule has 1 heterocycles. The van der Waals surface area contributed by atoms with E-state index in [1.165, 1.54) is 0 Å². The van der Waals surface area contributed by atoms with Gasteiger partial charge in [0.15, 0.2) is 6.29 Å². The number of hydrogen-bond acceptors (Lipinski definition) is 4. The van der Waals surface area contributed by atoms with Gasteiger partial charge in [0, 0.05) is 20.6 Å². The van der Waals surface area contributed by atoms with Gasteiger partial charge < -0.3 is 18.9 Å². The summed E-state index contributed by atoms with van der Waals surface area (Å²) in [5.74, 6) is 0. The standard InChI is InChI=1S/C14H20O4/c1-15-12-8-14(16-2)18-13(12)10-17-9-11-6-4-3-5-7-11/h3-7,12-14H,8-10H2,1-2H3/t12-,13+,14+/m0/s1. The maximum atomic E-state index is 5.68. The van der Waals surface area contributed by atoms with E-state index in [1.807, 2.05) is 30.3 Å². The van der Waals surface area contributed by atoms with Crippen LogP contribution in [0.4, 0.5) is 0 Å². The molecule has 2 rings (SSSR count). The average molecular weight is 252 g/mol. The van der Waals surface area contributed by atoms with Crippen LogP contribution < -0.4 is 0 Å². The fourth-order valence-electron chi connectivity index (χ4n) is 2.09. The molecule has 100 valence electrons. The van der Waals surface area contributed by atoms with Crippen molar-refractivity contribution in [1.29, 1.82) is 0 Å². The topological polar surface area (TPSA) is 36.9 Å². The summed E-state index contributed by atoms with van der Waals surface area (Å²) in [6.07, 6.45) is 0.571. The zero-order valence-electron chi connectivity index (χ0n) is 10.9. The van der Waals surface area contributed by atoms with Crippen LogP contribution in [-0.4, -0.2) is 39.3 Å². The van der Waals surface area contributed by atoms with Gasteiger partial charge in [-0.25, -0.2) is 0 Å². The molecule has 0 amide bonds. The van der Waals surface area contributed by atoms with E-state index in [-0.39, 0.29) is 18.5 Å². The summed E-state index contributed by atoms with van der Waals surface area (Å²) >= 11 is 0. The van der Waals surface area contributed by atoms with Gasteiger partial charge in [0.25, 0.3) is 0 Å². The Balaban J connectivity index is 1.76. The predicted octanol–water partition coefficient (Wildman–Crippen LogP) is 1.98. The van der Waals surface area contributed by atoms with Gasteiger partial charge in [0.05, 0.1) is 19.3 Å². The molecule has 1 aromatic carbocycles. The van der Waals surface area contributed by atoms with E-state index >= 15 is 0 Å². The highest BCUT2D eigenvalue weighted by molar-refractivity contribution is 5.13. The highest BCUT2D eigenvalue weighted by atomic mass is 16.7. The van der Waals surface area contributed by atoms with Gasteiger partial charge in [0.2, 0.25) is 0 Å². The van der Waals surface area contributed by atoms with E-state index in [4.69, 9.17) is 18.9 Å². The van der Waals surface area contributed by atoms with Gasteiger partial charge in [-0.3, -0.25) is 0 Å². The smallest absolute Gasteiger partial charge is 0.160 e. The van der Waals surface area contributed by atoms with E-state index in [0.717, 1.165) is 12.0 Å². The van der Waals surface area contributed by atoms with Gasteiger partial charge >= 0.3 is 0 Å². The minimum absolute atomic E-state index is 0.0470. The van der Waals surface area contributed by atoms with E-state index in [1.54, 1.807) is 14.2 Å². The lowest BCUT2D eigenvalue weighted by Gasteiger charge is -2.16. The van der Waals surface area contributed by atoms with E-state index in [9.17, 15) is 0 Å². The zero-order valence-corrected chi connectivity index (χ0v) is 10.9. The molecule has 18 heavy (non-hydrogen) atoms. The maximum absolute atomic E-state index is 5.68. The van der Waals surface area contributed by atoms with E-state index in [0.29, 0.717) is 13.2 Å². The molecule has 3 atom stereocenters. The number of ether oxygens (including phenoxy) is 4. The summed E-state index contributed by atoms with van der Waals surface area (Å²) in [5.41, 5.74) is 1.16. The van der Waals surface area contributed by atoms with Crippen molar-refractivity contribution in [2.45, 2.75) is 31.5 Å². The molecule has 0 N–H and O–H groups in total. The Labute approximate surface area is 108 Å². The molecule has 1 aliphatic rings. The van der Waals surface area contributed by atoms with Crippen molar-refractivity contribution in [3.05, 3.63) is 35.9 Å². The average Bonchev–Trinajstić information content (AvgIpc) is 2.82. The second kappa shape index (κ2) is 6.85. The Morgan fingerprint density at radius 2 is 1.94 bits per heavy atom. The Bertz CT molecular complexity index is 341. The van der Waals surface area contributed by atoms with Crippen LogP contribution in [0.3, 0.4) is 0 Å². The molecule has 1 saturated heterocycles. The number of hydrogen-bond donors (Lipinski definition) is 0. The van der Waals surface area contributed by atoms with Crippen molar-refractivity contribution in [3.63, 3.8) is 0 Å². The molecule has 0 spiro atoms. The number of rotatable bonds is 6. The monoisotopic (exact) mass is 252 g/mol. The fraction of sp³-hybridized carbons (Fsp3) is 0.571. The van der Waals surface area contributed by atoms with Gasteiger partial charge in [-0.15, -0.1) is 0 Å². The molecule has 0 unspecified atom stereocenters. The molecule has 0 aliphatic carbocycles. The van der Waals surface area contributed by atoms with Crippen LogP contribution in [0.5, 0.6) is 0 Å². The van der Waals surface area contributed by atoms with Crippen molar-refractivity contribution in [1.82, 2.24) is 0 Å². The van der Waals surface area contributed by atoms with Crippen molar-refractivity contribution in [2.75, 3.05) is 20.8 Å². The van der Waals surface area contributed by atoms with E-state index in [2.05, 4.69) is 0 Å². The largest absolute Gasteiger partial charge is 0.378 e.